The van der Waals surface area contributed by atoms with Gasteiger partial charge in [0.25, 0.3) is 0 Å². The van der Waals surface area contributed by atoms with Gasteiger partial charge in [-0.1, -0.05) is 61.5 Å². The summed E-state index contributed by atoms with van der Waals surface area (Å²) in [6, 6.07) is 5.15. The summed E-state index contributed by atoms with van der Waals surface area (Å²) in [6.07, 6.45) is 8.67. The van der Waals surface area contributed by atoms with Gasteiger partial charge in [0, 0.05) is 16.5 Å². The number of benzene rings is 1. The molecule has 25 heavy (non-hydrogen) atoms. The SMILES string of the molecule is CCCCCC(C(=O)O)C1(C=Cc2cc(Cl)cc(Cl)c2)CCCC1=O. The van der Waals surface area contributed by atoms with Crippen LogP contribution in [0.15, 0.2) is 24.3 Å². The summed E-state index contributed by atoms with van der Waals surface area (Å²) in [6.45, 7) is 2.08. The van der Waals surface area contributed by atoms with E-state index in [4.69, 9.17) is 23.2 Å². The van der Waals surface area contributed by atoms with E-state index in [2.05, 4.69) is 6.92 Å². The third-order valence-electron chi connectivity index (χ3n) is 4.99. The summed E-state index contributed by atoms with van der Waals surface area (Å²) in [5.74, 6) is -1.54. The molecule has 1 aliphatic rings. The third-order valence-corrected chi connectivity index (χ3v) is 5.42. The van der Waals surface area contributed by atoms with Crippen LogP contribution in [0.2, 0.25) is 10.0 Å². The highest BCUT2D eigenvalue weighted by Gasteiger charge is 2.49. The number of carboxylic acid groups (broad SMARTS) is 1. The molecule has 0 saturated heterocycles. The van der Waals surface area contributed by atoms with Crippen molar-refractivity contribution in [1.82, 2.24) is 0 Å². The first-order chi connectivity index (χ1) is 11.9. The van der Waals surface area contributed by atoms with Crippen LogP contribution in [0.4, 0.5) is 0 Å². The van der Waals surface area contributed by atoms with E-state index in [1.807, 2.05) is 0 Å². The molecular weight excluding hydrogens is 359 g/mol. The van der Waals surface area contributed by atoms with Crippen molar-refractivity contribution in [3.8, 4) is 0 Å². The molecule has 1 aromatic carbocycles. The second-order valence-corrected chi connectivity index (χ2v) is 7.61. The number of halogens is 2. The summed E-state index contributed by atoms with van der Waals surface area (Å²) in [4.78, 5) is 24.6. The minimum atomic E-state index is -0.922. The Morgan fingerprint density at radius 1 is 1.28 bits per heavy atom. The Hall–Kier alpha value is -1.32. The number of unbranched alkanes of at least 4 members (excludes halogenated alkanes) is 2. The number of rotatable bonds is 8. The van der Waals surface area contributed by atoms with Gasteiger partial charge >= 0.3 is 5.97 Å². The van der Waals surface area contributed by atoms with E-state index in [1.165, 1.54) is 0 Å². The first kappa shape index (κ1) is 20.0. The summed E-state index contributed by atoms with van der Waals surface area (Å²) < 4.78 is 0. The summed E-state index contributed by atoms with van der Waals surface area (Å²) in [5, 5.41) is 10.8. The van der Waals surface area contributed by atoms with E-state index in [0.717, 1.165) is 31.2 Å². The van der Waals surface area contributed by atoms with Crippen molar-refractivity contribution in [3.05, 3.63) is 39.9 Å². The molecule has 1 aromatic rings. The molecular formula is C20H24Cl2O3. The normalized spacial score (nSPS) is 21.8. The summed E-state index contributed by atoms with van der Waals surface area (Å²) >= 11 is 12.1. The van der Waals surface area contributed by atoms with Crippen LogP contribution >= 0.6 is 23.2 Å². The molecule has 0 spiro atoms. The van der Waals surface area contributed by atoms with Gasteiger partial charge in [-0.05, 0) is 43.0 Å². The maximum Gasteiger partial charge on any atom is 0.307 e. The summed E-state index contributed by atoms with van der Waals surface area (Å²) in [7, 11) is 0. The molecule has 3 nitrogen and oxygen atoms in total. The number of carbonyl (C=O) groups excluding carboxylic acids is 1. The zero-order valence-electron chi connectivity index (χ0n) is 14.4. The van der Waals surface area contributed by atoms with Crippen molar-refractivity contribution < 1.29 is 14.7 Å². The van der Waals surface area contributed by atoms with Crippen molar-refractivity contribution in [3.63, 3.8) is 0 Å². The molecule has 0 aliphatic heterocycles. The number of allylic oxidation sites excluding steroid dienone is 1. The fourth-order valence-corrected chi connectivity index (χ4v) is 4.23. The van der Waals surface area contributed by atoms with Gasteiger partial charge in [-0.15, -0.1) is 0 Å². The molecule has 2 unspecified atom stereocenters. The molecule has 1 aliphatic carbocycles. The largest absolute Gasteiger partial charge is 0.481 e. The van der Waals surface area contributed by atoms with E-state index in [9.17, 15) is 14.7 Å². The fraction of sp³-hybridized carbons (Fsp3) is 0.500. The van der Waals surface area contributed by atoms with Crippen molar-refractivity contribution in [2.75, 3.05) is 0 Å². The monoisotopic (exact) mass is 382 g/mol. The van der Waals surface area contributed by atoms with Gasteiger partial charge in [0.15, 0.2) is 0 Å². The zero-order valence-corrected chi connectivity index (χ0v) is 15.9. The molecule has 1 saturated carbocycles. The lowest BCUT2D eigenvalue weighted by Gasteiger charge is -2.31. The Kier molecular flexibility index (Phi) is 7.09. The molecule has 0 heterocycles. The fourth-order valence-electron chi connectivity index (χ4n) is 3.69. The van der Waals surface area contributed by atoms with Crippen molar-refractivity contribution in [2.24, 2.45) is 11.3 Å². The lowest BCUT2D eigenvalue weighted by Crippen LogP contribution is -2.38. The van der Waals surface area contributed by atoms with Gasteiger partial charge in [-0.3, -0.25) is 9.59 Å². The van der Waals surface area contributed by atoms with Gasteiger partial charge in [0.2, 0.25) is 0 Å². The Morgan fingerprint density at radius 2 is 1.96 bits per heavy atom. The molecule has 0 amide bonds. The van der Waals surface area contributed by atoms with Gasteiger partial charge in [-0.25, -0.2) is 0 Å². The Labute approximate surface area is 159 Å². The minimum absolute atomic E-state index is 0.0285. The minimum Gasteiger partial charge on any atom is -0.481 e. The number of hydrogen-bond donors (Lipinski definition) is 1. The van der Waals surface area contributed by atoms with Gasteiger partial charge in [0.1, 0.15) is 5.78 Å². The van der Waals surface area contributed by atoms with Crippen LogP contribution in [0, 0.1) is 11.3 Å². The number of ketones is 1. The van der Waals surface area contributed by atoms with Crippen LogP contribution in [0.3, 0.4) is 0 Å². The highest BCUT2D eigenvalue weighted by Crippen LogP contribution is 2.45. The molecule has 5 heteroatoms. The molecule has 0 bridgehead atoms. The standard InChI is InChI=1S/C20H24Cl2O3/c1-2-3-4-6-17(19(24)25)20(9-5-7-18(20)23)10-8-14-11-15(21)13-16(22)12-14/h8,10-13,17H,2-7,9H2,1H3,(H,24,25). The van der Waals surface area contributed by atoms with E-state index in [-0.39, 0.29) is 5.78 Å². The highest BCUT2D eigenvalue weighted by atomic mass is 35.5. The molecule has 1 N–H and O–H groups in total. The average molecular weight is 383 g/mol. The van der Waals surface area contributed by atoms with Crippen LogP contribution in [0.25, 0.3) is 6.08 Å². The van der Waals surface area contributed by atoms with E-state index in [0.29, 0.717) is 29.3 Å². The van der Waals surface area contributed by atoms with E-state index < -0.39 is 17.3 Å². The van der Waals surface area contributed by atoms with E-state index >= 15 is 0 Å². The molecule has 0 radical (unpaired) electrons. The predicted octanol–water partition coefficient (Wildman–Crippen LogP) is 6.03. The number of Topliss-reactive ketones (excluding diaryl/α,β-unsaturated/α-hetero) is 1. The maximum atomic E-state index is 12.7. The van der Waals surface area contributed by atoms with E-state index in [1.54, 1.807) is 30.4 Å². The van der Waals surface area contributed by atoms with Gasteiger partial charge < -0.3 is 5.11 Å². The topological polar surface area (TPSA) is 54.4 Å². The van der Waals surface area contributed by atoms with Crippen molar-refractivity contribution >= 4 is 41.0 Å². The van der Waals surface area contributed by atoms with Gasteiger partial charge in [0.05, 0.1) is 11.3 Å². The smallest absolute Gasteiger partial charge is 0.307 e. The Balaban J connectivity index is 2.34. The lowest BCUT2D eigenvalue weighted by atomic mass is 9.70. The average Bonchev–Trinajstić information content (AvgIpc) is 2.90. The number of hydrogen-bond acceptors (Lipinski definition) is 2. The van der Waals surface area contributed by atoms with Gasteiger partial charge in [-0.2, -0.15) is 0 Å². The second kappa shape index (κ2) is 8.86. The number of carbonyl (C=O) groups is 2. The first-order valence-electron chi connectivity index (χ1n) is 8.80. The van der Waals surface area contributed by atoms with Crippen LogP contribution < -0.4 is 0 Å². The van der Waals surface area contributed by atoms with Crippen LogP contribution in [-0.2, 0) is 9.59 Å². The Bertz CT molecular complexity index is 649. The molecule has 0 aromatic heterocycles. The second-order valence-electron chi connectivity index (χ2n) is 6.74. The number of aliphatic carboxylic acids is 1. The molecule has 2 atom stereocenters. The molecule has 2 rings (SSSR count). The first-order valence-corrected chi connectivity index (χ1v) is 9.56. The number of carboxylic acids is 1. The third kappa shape index (κ3) is 4.86. The molecule has 1 fully saturated rings. The zero-order chi connectivity index (χ0) is 18.4. The molecule has 136 valence electrons. The Morgan fingerprint density at radius 3 is 2.48 bits per heavy atom. The highest BCUT2D eigenvalue weighted by molar-refractivity contribution is 6.34. The van der Waals surface area contributed by atoms with Crippen molar-refractivity contribution in [2.45, 2.75) is 51.9 Å². The summed E-state index contributed by atoms with van der Waals surface area (Å²) in [5.41, 5.74) is -0.150. The predicted molar refractivity (Wildman–Crippen MR) is 102 cm³/mol. The lowest BCUT2D eigenvalue weighted by molar-refractivity contribution is -0.149. The van der Waals surface area contributed by atoms with Crippen LogP contribution in [-0.4, -0.2) is 16.9 Å². The maximum absolute atomic E-state index is 12.7. The van der Waals surface area contributed by atoms with Crippen LogP contribution in [0.5, 0.6) is 0 Å². The van der Waals surface area contributed by atoms with Crippen LogP contribution in [0.1, 0.15) is 57.4 Å². The quantitative estimate of drug-likeness (QED) is 0.558. The van der Waals surface area contributed by atoms with Crippen molar-refractivity contribution in [1.29, 1.82) is 0 Å².